The van der Waals surface area contributed by atoms with Gasteiger partial charge in [0.15, 0.2) is 5.76 Å². The highest BCUT2D eigenvalue weighted by molar-refractivity contribution is 5.91. The molecule has 0 spiro atoms. The minimum absolute atomic E-state index is 0.0868. The average molecular weight is 394 g/mol. The predicted octanol–water partition coefficient (Wildman–Crippen LogP) is 3.38. The van der Waals surface area contributed by atoms with Gasteiger partial charge in [0.25, 0.3) is 5.91 Å². The third-order valence-electron chi connectivity index (χ3n) is 5.20. The van der Waals surface area contributed by atoms with Crippen molar-refractivity contribution in [2.24, 2.45) is 0 Å². The van der Waals surface area contributed by atoms with Crippen LogP contribution in [0, 0.1) is 19.7 Å². The largest absolute Gasteiger partial charge is 0.459 e. The standard InChI is InChI=1S/C22H23FN4O2/c1-15-19(14-17-5-7-18(23)8-6-17)21(25-16(2)24-15)26-9-11-27(12-10-26)22(28)20-4-3-13-29-20/h3-8,13H,9-12,14H2,1-2H3. The van der Waals surface area contributed by atoms with E-state index in [-0.39, 0.29) is 11.7 Å². The number of carbonyl (C=O) groups is 1. The molecule has 0 atom stereocenters. The Bertz CT molecular complexity index is 994. The Labute approximate surface area is 169 Å². The van der Waals surface area contributed by atoms with Crippen LogP contribution in [0.4, 0.5) is 10.2 Å². The van der Waals surface area contributed by atoms with Crippen molar-refractivity contribution < 1.29 is 13.6 Å². The zero-order valence-corrected chi connectivity index (χ0v) is 16.6. The van der Waals surface area contributed by atoms with E-state index in [1.165, 1.54) is 18.4 Å². The number of nitrogens with zero attached hydrogens (tertiary/aromatic N) is 4. The molecule has 4 rings (SSSR count). The highest BCUT2D eigenvalue weighted by Gasteiger charge is 2.26. The third kappa shape index (κ3) is 4.13. The predicted molar refractivity (Wildman–Crippen MR) is 108 cm³/mol. The first kappa shape index (κ1) is 19.1. The number of anilines is 1. The van der Waals surface area contributed by atoms with E-state index in [0.29, 0.717) is 38.4 Å². The van der Waals surface area contributed by atoms with Gasteiger partial charge in [-0.25, -0.2) is 14.4 Å². The summed E-state index contributed by atoms with van der Waals surface area (Å²) in [6, 6.07) is 9.93. The Kier molecular flexibility index (Phi) is 5.29. The maximum atomic E-state index is 13.3. The van der Waals surface area contributed by atoms with Crippen LogP contribution < -0.4 is 4.90 Å². The molecule has 0 radical (unpaired) electrons. The summed E-state index contributed by atoms with van der Waals surface area (Å²) in [5.41, 5.74) is 2.97. The van der Waals surface area contributed by atoms with Crippen molar-refractivity contribution in [2.45, 2.75) is 20.3 Å². The van der Waals surface area contributed by atoms with E-state index in [9.17, 15) is 9.18 Å². The van der Waals surface area contributed by atoms with Gasteiger partial charge in [-0.05, 0) is 43.7 Å². The van der Waals surface area contributed by atoms with Gasteiger partial charge in [0.2, 0.25) is 0 Å². The molecule has 1 aromatic carbocycles. The van der Waals surface area contributed by atoms with Crippen LogP contribution in [0.1, 0.15) is 33.2 Å². The van der Waals surface area contributed by atoms with Crippen molar-refractivity contribution in [3.05, 3.63) is 76.9 Å². The summed E-state index contributed by atoms with van der Waals surface area (Å²) in [4.78, 5) is 25.7. The molecule has 1 aliphatic heterocycles. The van der Waals surface area contributed by atoms with Gasteiger partial charge in [0, 0.05) is 43.9 Å². The summed E-state index contributed by atoms with van der Waals surface area (Å²) < 4.78 is 18.5. The number of carbonyl (C=O) groups excluding carboxylic acids is 1. The van der Waals surface area contributed by atoms with E-state index in [2.05, 4.69) is 9.88 Å². The molecule has 1 aliphatic rings. The van der Waals surface area contributed by atoms with Gasteiger partial charge in [-0.3, -0.25) is 4.79 Å². The number of aryl methyl sites for hydroxylation is 2. The number of piperazine rings is 1. The first-order valence-corrected chi connectivity index (χ1v) is 9.67. The Morgan fingerprint density at radius 2 is 1.79 bits per heavy atom. The molecule has 0 saturated carbocycles. The van der Waals surface area contributed by atoms with Crippen LogP contribution >= 0.6 is 0 Å². The maximum absolute atomic E-state index is 13.3. The van der Waals surface area contributed by atoms with Crippen molar-refractivity contribution in [3.8, 4) is 0 Å². The van der Waals surface area contributed by atoms with Crippen molar-refractivity contribution >= 4 is 11.7 Å². The topological polar surface area (TPSA) is 62.5 Å². The van der Waals surface area contributed by atoms with Crippen LogP contribution in [0.2, 0.25) is 0 Å². The first-order valence-electron chi connectivity index (χ1n) is 9.67. The zero-order valence-electron chi connectivity index (χ0n) is 16.6. The SMILES string of the molecule is Cc1nc(C)c(Cc2ccc(F)cc2)c(N2CCN(C(=O)c3ccco3)CC2)n1. The quantitative estimate of drug-likeness (QED) is 0.679. The maximum Gasteiger partial charge on any atom is 0.289 e. The molecule has 29 heavy (non-hydrogen) atoms. The molecular formula is C22H23FN4O2. The van der Waals surface area contributed by atoms with Crippen molar-refractivity contribution in [3.63, 3.8) is 0 Å². The molecule has 0 N–H and O–H groups in total. The molecule has 3 heterocycles. The van der Waals surface area contributed by atoms with Crippen molar-refractivity contribution in [1.82, 2.24) is 14.9 Å². The van der Waals surface area contributed by atoms with Crippen molar-refractivity contribution in [1.29, 1.82) is 0 Å². The number of benzene rings is 1. The van der Waals surface area contributed by atoms with E-state index in [1.54, 1.807) is 29.2 Å². The monoisotopic (exact) mass is 394 g/mol. The highest BCUT2D eigenvalue weighted by atomic mass is 19.1. The summed E-state index contributed by atoms with van der Waals surface area (Å²) in [7, 11) is 0. The summed E-state index contributed by atoms with van der Waals surface area (Å²) in [6.07, 6.45) is 2.14. The minimum Gasteiger partial charge on any atom is -0.459 e. The van der Waals surface area contributed by atoms with Crippen LogP contribution in [0.5, 0.6) is 0 Å². The molecule has 150 valence electrons. The van der Waals surface area contributed by atoms with E-state index in [4.69, 9.17) is 9.40 Å². The van der Waals surface area contributed by atoms with Crippen LogP contribution in [0.25, 0.3) is 0 Å². The normalized spacial score (nSPS) is 14.3. The van der Waals surface area contributed by atoms with Gasteiger partial charge < -0.3 is 14.2 Å². The van der Waals surface area contributed by atoms with E-state index in [0.717, 1.165) is 28.5 Å². The van der Waals surface area contributed by atoms with Gasteiger partial charge in [0.05, 0.1) is 6.26 Å². The lowest BCUT2D eigenvalue weighted by atomic mass is 10.0. The number of halogens is 1. The molecule has 1 amide bonds. The number of rotatable bonds is 4. The number of amides is 1. The lowest BCUT2D eigenvalue weighted by Gasteiger charge is -2.36. The van der Waals surface area contributed by atoms with Crippen LogP contribution in [-0.2, 0) is 6.42 Å². The molecule has 1 fully saturated rings. The molecule has 7 heteroatoms. The highest BCUT2D eigenvalue weighted by Crippen LogP contribution is 2.25. The fourth-order valence-electron chi connectivity index (χ4n) is 3.67. The van der Waals surface area contributed by atoms with Gasteiger partial charge in [0.1, 0.15) is 17.5 Å². The fraction of sp³-hybridized carbons (Fsp3) is 0.318. The van der Waals surface area contributed by atoms with Crippen molar-refractivity contribution in [2.75, 3.05) is 31.1 Å². The van der Waals surface area contributed by atoms with Crippen LogP contribution in [0.3, 0.4) is 0 Å². The second kappa shape index (κ2) is 8.03. The van der Waals surface area contributed by atoms with E-state index >= 15 is 0 Å². The average Bonchev–Trinajstić information content (AvgIpc) is 3.26. The number of furan rings is 1. The molecule has 1 saturated heterocycles. The molecule has 0 unspecified atom stereocenters. The second-order valence-corrected chi connectivity index (χ2v) is 7.22. The smallest absolute Gasteiger partial charge is 0.289 e. The number of hydrogen-bond acceptors (Lipinski definition) is 5. The van der Waals surface area contributed by atoms with Crippen LogP contribution in [-0.4, -0.2) is 47.0 Å². The number of hydrogen-bond donors (Lipinski definition) is 0. The molecule has 2 aromatic heterocycles. The molecular weight excluding hydrogens is 371 g/mol. The van der Waals surface area contributed by atoms with Gasteiger partial charge in [-0.15, -0.1) is 0 Å². The zero-order chi connectivity index (χ0) is 20.4. The first-order chi connectivity index (χ1) is 14.0. The fourth-order valence-corrected chi connectivity index (χ4v) is 3.67. The molecule has 0 aliphatic carbocycles. The Balaban J connectivity index is 1.54. The summed E-state index contributed by atoms with van der Waals surface area (Å²) in [6.45, 7) is 6.41. The Morgan fingerprint density at radius 3 is 2.45 bits per heavy atom. The van der Waals surface area contributed by atoms with E-state index in [1.807, 2.05) is 13.8 Å². The lowest BCUT2D eigenvalue weighted by Crippen LogP contribution is -2.49. The van der Waals surface area contributed by atoms with Gasteiger partial charge >= 0.3 is 0 Å². The minimum atomic E-state index is -0.247. The summed E-state index contributed by atoms with van der Waals surface area (Å²) in [5.74, 6) is 1.64. The lowest BCUT2D eigenvalue weighted by molar-refractivity contribution is 0.0714. The molecule has 0 bridgehead atoms. The molecule has 6 nitrogen and oxygen atoms in total. The number of aromatic nitrogens is 2. The van der Waals surface area contributed by atoms with E-state index < -0.39 is 0 Å². The molecule has 3 aromatic rings. The third-order valence-corrected chi connectivity index (χ3v) is 5.20. The summed E-state index contributed by atoms with van der Waals surface area (Å²) >= 11 is 0. The van der Waals surface area contributed by atoms with Crippen LogP contribution in [0.15, 0.2) is 47.1 Å². The Hall–Kier alpha value is -3.22. The second-order valence-electron chi connectivity index (χ2n) is 7.22. The van der Waals surface area contributed by atoms with Gasteiger partial charge in [-0.2, -0.15) is 0 Å². The van der Waals surface area contributed by atoms with Gasteiger partial charge in [-0.1, -0.05) is 12.1 Å². The summed E-state index contributed by atoms with van der Waals surface area (Å²) in [5, 5.41) is 0. The Morgan fingerprint density at radius 1 is 1.07 bits per heavy atom.